The van der Waals surface area contributed by atoms with Crippen LogP contribution >= 0.6 is 0 Å². The van der Waals surface area contributed by atoms with Crippen molar-refractivity contribution in [3.63, 3.8) is 0 Å². The molecule has 2 N–H and O–H groups in total. The van der Waals surface area contributed by atoms with Crippen LogP contribution < -0.4 is 5.32 Å². The third-order valence-electron chi connectivity index (χ3n) is 1.69. The van der Waals surface area contributed by atoms with Crippen molar-refractivity contribution in [3.05, 3.63) is 0 Å². The second kappa shape index (κ2) is 10.6. The monoisotopic (exact) mass is 173 g/mol. The minimum atomic E-state index is 0.262. The zero-order valence-electron chi connectivity index (χ0n) is 7.59. The van der Waals surface area contributed by atoms with Crippen LogP contribution in [-0.4, -0.2) is 31.1 Å². The molecule has 72 valence electrons. The molecule has 0 aliphatic rings. The molecule has 0 atom stereocenters. The van der Waals surface area contributed by atoms with Gasteiger partial charge < -0.3 is 15.2 Å². The van der Waals surface area contributed by atoms with Gasteiger partial charge in [0.05, 0.1) is 0 Å². The molecule has 3 nitrogen and oxygen atoms in total. The van der Waals surface area contributed by atoms with Crippen molar-refractivity contribution in [1.82, 2.24) is 5.32 Å². The van der Waals surface area contributed by atoms with Crippen molar-refractivity contribution < 1.29 is 9.90 Å². The van der Waals surface area contributed by atoms with Gasteiger partial charge in [0.15, 0.2) is 0 Å². The Hall–Kier alpha value is -0.410. The van der Waals surface area contributed by atoms with Gasteiger partial charge in [0.1, 0.15) is 6.29 Å². The number of hydrogen-bond acceptors (Lipinski definition) is 3. The standard InChI is InChI=1S/C9H19NO2/c11-8-4-2-1-3-6-10-7-5-9-12/h8,10,12H,1-7,9H2. The number of hydrogen-bond donors (Lipinski definition) is 2. The molecule has 0 amide bonds. The van der Waals surface area contributed by atoms with E-state index in [1.54, 1.807) is 0 Å². The van der Waals surface area contributed by atoms with E-state index in [0.29, 0.717) is 6.42 Å². The van der Waals surface area contributed by atoms with Gasteiger partial charge in [0.25, 0.3) is 0 Å². The number of rotatable bonds is 9. The molecule has 0 aliphatic carbocycles. The Labute approximate surface area is 74.2 Å². The fourth-order valence-corrected chi connectivity index (χ4v) is 0.984. The van der Waals surface area contributed by atoms with Gasteiger partial charge in [-0.15, -0.1) is 0 Å². The van der Waals surface area contributed by atoms with E-state index in [1.807, 2.05) is 0 Å². The predicted octanol–water partition coefficient (Wildman–Crippen LogP) is 0.718. The summed E-state index contributed by atoms with van der Waals surface area (Å²) in [7, 11) is 0. The summed E-state index contributed by atoms with van der Waals surface area (Å²) in [6.07, 6.45) is 5.74. The van der Waals surface area contributed by atoms with Crippen LogP contribution in [0.5, 0.6) is 0 Å². The van der Waals surface area contributed by atoms with Crippen LogP contribution in [0.25, 0.3) is 0 Å². The highest BCUT2D eigenvalue weighted by molar-refractivity contribution is 5.48. The highest BCUT2D eigenvalue weighted by Gasteiger charge is 1.88. The maximum absolute atomic E-state index is 9.94. The van der Waals surface area contributed by atoms with Crippen molar-refractivity contribution in [2.75, 3.05) is 19.7 Å². The molecule has 0 aromatic heterocycles. The average molecular weight is 173 g/mol. The summed E-state index contributed by atoms with van der Waals surface area (Å²) in [5.74, 6) is 0. The third kappa shape index (κ3) is 9.59. The van der Waals surface area contributed by atoms with Gasteiger partial charge in [-0.05, 0) is 32.4 Å². The highest BCUT2D eigenvalue weighted by Crippen LogP contribution is 1.95. The summed E-state index contributed by atoms with van der Waals surface area (Å²) < 4.78 is 0. The zero-order chi connectivity index (χ0) is 9.07. The summed E-state index contributed by atoms with van der Waals surface area (Å²) >= 11 is 0. The topological polar surface area (TPSA) is 49.3 Å². The molecule has 0 bridgehead atoms. The molecule has 0 rings (SSSR count). The first-order valence-electron chi connectivity index (χ1n) is 4.67. The van der Waals surface area contributed by atoms with Crippen molar-refractivity contribution in [2.45, 2.75) is 32.1 Å². The molecule has 0 unspecified atom stereocenters. The number of aldehydes is 1. The van der Waals surface area contributed by atoms with Crippen molar-refractivity contribution in [1.29, 1.82) is 0 Å². The first-order chi connectivity index (χ1) is 5.91. The summed E-state index contributed by atoms with van der Waals surface area (Å²) in [5, 5.41) is 11.7. The fourth-order valence-electron chi connectivity index (χ4n) is 0.984. The predicted molar refractivity (Wildman–Crippen MR) is 49.1 cm³/mol. The maximum atomic E-state index is 9.94. The molecule has 0 aromatic carbocycles. The normalized spacial score (nSPS) is 10.1. The molecule has 0 saturated heterocycles. The molecule has 12 heavy (non-hydrogen) atoms. The number of aliphatic hydroxyl groups excluding tert-OH is 1. The second-order valence-electron chi connectivity index (χ2n) is 2.84. The highest BCUT2D eigenvalue weighted by atomic mass is 16.3. The van der Waals surface area contributed by atoms with Crippen molar-refractivity contribution in [2.24, 2.45) is 0 Å². The van der Waals surface area contributed by atoms with Gasteiger partial charge in [0.2, 0.25) is 0 Å². The van der Waals surface area contributed by atoms with E-state index in [-0.39, 0.29) is 6.61 Å². The minimum Gasteiger partial charge on any atom is -0.396 e. The maximum Gasteiger partial charge on any atom is 0.119 e. The van der Waals surface area contributed by atoms with E-state index in [9.17, 15) is 4.79 Å². The Balaban J connectivity index is 2.77. The van der Waals surface area contributed by atoms with Gasteiger partial charge in [0, 0.05) is 13.0 Å². The SMILES string of the molecule is O=CCCCCCNCCCO. The molecule has 0 aromatic rings. The Morgan fingerprint density at radius 3 is 2.50 bits per heavy atom. The lowest BCUT2D eigenvalue weighted by Crippen LogP contribution is -2.17. The summed E-state index contributed by atoms with van der Waals surface area (Å²) in [6.45, 7) is 2.15. The Kier molecular flexibility index (Phi) is 10.2. The molecule has 0 aliphatic heterocycles. The van der Waals surface area contributed by atoms with Crippen LogP contribution in [0.1, 0.15) is 32.1 Å². The van der Waals surface area contributed by atoms with Crippen LogP contribution in [0.15, 0.2) is 0 Å². The smallest absolute Gasteiger partial charge is 0.119 e. The first kappa shape index (κ1) is 11.6. The third-order valence-corrected chi connectivity index (χ3v) is 1.69. The summed E-state index contributed by atoms with van der Waals surface area (Å²) in [4.78, 5) is 9.94. The van der Waals surface area contributed by atoms with E-state index in [2.05, 4.69) is 5.32 Å². The second-order valence-corrected chi connectivity index (χ2v) is 2.84. The minimum absolute atomic E-state index is 0.262. The molecule has 0 spiro atoms. The molecule has 0 fully saturated rings. The summed E-state index contributed by atoms with van der Waals surface area (Å²) in [5.41, 5.74) is 0. The Morgan fingerprint density at radius 1 is 1.08 bits per heavy atom. The Morgan fingerprint density at radius 2 is 1.83 bits per heavy atom. The Bertz CT molecular complexity index is 96.5. The van der Waals surface area contributed by atoms with Gasteiger partial charge in [-0.3, -0.25) is 0 Å². The number of aliphatic hydroxyl groups is 1. The van der Waals surface area contributed by atoms with E-state index in [1.165, 1.54) is 0 Å². The molecular formula is C9H19NO2. The lowest BCUT2D eigenvalue weighted by molar-refractivity contribution is -0.107. The van der Waals surface area contributed by atoms with Gasteiger partial charge in [-0.2, -0.15) is 0 Å². The van der Waals surface area contributed by atoms with E-state index >= 15 is 0 Å². The molecule has 0 radical (unpaired) electrons. The number of carbonyl (C=O) groups is 1. The quantitative estimate of drug-likeness (QED) is 0.399. The van der Waals surface area contributed by atoms with Crippen LogP contribution in [0.4, 0.5) is 0 Å². The van der Waals surface area contributed by atoms with Crippen LogP contribution in [0.3, 0.4) is 0 Å². The van der Waals surface area contributed by atoms with E-state index < -0.39 is 0 Å². The zero-order valence-corrected chi connectivity index (χ0v) is 7.59. The molecule has 3 heteroatoms. The van der Waals surface area contributed by atoms with Crippen LogP contribution in [0.2, 0.25) is 0 Å². The van der Waals surface area contributed by atoms with Gasteiger partial charge >= 0.3 is 0 Å². The van der Waals surface area contributed by atoms with Crippen LogP contribution in [0, 0.1) is 0 Å². The number of unbranched alkanes of at least 4 members (excludes halogenated alkanes) is 3. The first-order valence-corrected chi connectivity index (χ1v) is 4.67. The number of carbonyl (C=O) groups excluding carboxylic acids is 1. The lowest BCUT2D eigenvalue weighted by atomic mass is 10.2. The number of nitrogens with one attached hydrogen (secondary N) is 1. The lowest BCUT2D eigenvalue weighted by Gasteiger charge is -2.01. The largest absolute Gasteiger partial charge is 0.396 e. The van der Waals surface area contributed by atoms with E-state index in [4.69, 9.17) is 5.11 Å². The van der Waals surface area contributed by atoms with E-state index in [0.717, 1.165) is 45.1 Å². The molecule has 0 heterocycles. The van der Waals surface area contributed by atoms with Crippen molar-refractivity contribution in [3.8, 4) is 0 Å². The van der Waals surface area contributed by atoms with Crippen molar-refractivity contribution >= 4 is 6.29 Å². The molecule has 0 saturated carbocycles. The fraction of sp³-hybridized carbons (Fsp3) is 0.889. The van der Waals surface area contributed by atoms with Crippen LogP contribution in [-0.2, 0) is 4.79 Å². The average Bonchev–Trinajstić information content (AvgIpc) is 2.10. The van der Waals surface area contributed by atoms with Gasteiger partial charge in [-0.25, -0.2) is 0 Å². The van der Waals surface area contributed by atoms with Gasteiger partial charge in [-0.1, -0.05) is 6.42 Å². The molecular weight excluding hydrogens is 154 g/mol. The summed E-state index contributed by atoms with van der Waals surface area (Å²) in [6, 6.07) is 0.